The molecule has 6 N–H and O–H groups in total. The number of carbonyl (C=O) groups is 4. The number of carbonyl (C=O) groups excluding carboxylic acids is 4. The zero-order chi connectivity index (χ0) is 42.4. The molecule has 0 aliphatic carbocycles. The van der Waals surface area contributed by atoms with E-state index >= 15 is 0 Å². The fraction of sp³-hybridized carbons (Fsp3) is 0.475. The third-order valence-corrected chi connectivity index (χ3v) is 9.43. The van der Waals surface area contributed by atoms with Crippen LogP contribution < -0.4 is 21.3 Å². The van der Waals surface area contributed by atoms with E-state index in [1.54, 1.807) is 47.7 Å². The van der Waals surface area contributed by atoms with Gasteiger partial charge in [-0.3, -0.25) is 19.1 Å². The van der Waals surface area contributed by atoms with Crippen molar-refractivity contribution in [3.05, 3.63) is 90.1 Å². The van der Waals surface area contributed by atoms with Crippen molar-refractivity contribution in [1.82, 2.24) is 26.3 Å². The largest absolute Gasteiger partial charge is 0.471 e. The van der Waals surface area contributed by atoms with E-state index in [0.717, 1.165) is 22.4 Å². The number of hydrogen-bond acceptors (Lipinski definition) is 10. The van der Waals surface area contributed by atoms with E-state index in [-0.39, 0.29) is 19.3 Å². The number of nitrogens with zero attached hydrogens (tertiary/aromatic N) is 1. The average molecular weight is 814 g/mol. The summed E-state index contributed by atoms with van der Waals surface area (Å²) in [6.07, 6.45) is -0.656. The number of amides is 4. The number of phosphoric ester groups is 1. The van der Waals surface area contributed by atoms with Crippen LogP contribution >= 0.6 is 7.82 Å². The number of rotatable bonds is 18. The first kappa shape index (κ1) is 46.5. The number of pyridine rings is 1. The lowest BCUT2D eigenvalue weighted by molar-refractivity contribution is -0.130. The summed E-state index contributed by atoms with van der Waals surface area (Å²) in [6.45, 7) is 9.76. The third kappa shape index (κ3) is 15.9. The molecule has 0 radical (unpaired) electrons. The number of hydrogen-bond donors (Lipinski definition) is 6. The van der Waals surface area contributed by atoms with Crippen LogP contribution in [0.25, 0.3) is 11.3 Å². The summed E-state index contributed by atoms with van der Waals surface area (Å²) in [7, 11) is -2.63. The molecule has 1 heterocycles. The van der Waals surface area contributed by atoms with Gasteiger partial charge in [-0.2, -0.15) is 0 Å². The summed E-state index contributed by atoms with van der Waals surface area (Å²) >= 11 is 0. The molecular weight excluding hydrogens is 757 g/mol. The van der Waals surface area contributed by atoms with Crippen molar-refractivity contribution in [2.24, 2.45) is 10.8 Å². The van der Waals surface area contributed by atoms with Crippen LogP contribution in [0.2, 0.25) is 0 Å². The Bertz CT molecular complexity index is 1800. The summed E-state index contributed by atoms with van der Waals surface area (Å²) < 4.78 is 32.2. The molecule has 0 saturated heterocycles. The maximum Gasteiger partial charge on any atom is 0.471 e. The summed E-state index contributed by atoms with van der Waals surface area (Å²) in [5.41, 5.74) is 1.62. The molecule has 57 heavy (non-hydrogen) atoms. The average Bonchev–Trinajstić information content (AvgIpc) is 3.14. The minimum Gasteiger partial charge on any atom is -0.453 e. The molecule has 4 amide bonds. The molecule has 16 nitrogen and oxygen atoms in total. The Balaban J connectivity index is 2.12. The van der Waals surface area contributed by atoms with Crippen molar-refractivity contribution in [3.63, 3.8) is 0 Å². The molecule has 3 aromatic rings. The van der Waals surface area contributed by atoms with Crippen LogP contribution in [-0.2, 0) is 45.7 Å². The Labute approximate surface area is 334 Å². The molecule has 0 unspecified atom stereocenters. The molecule has 17 heteroatoms. The Hall–Kier alpha value is -4.86. The van der Waals surface area contributed by atoms with Crippen LogP contribution in [0.5, 0.6) is 0 Å². The van der Waals surface area contributed by atoms with E-state index in [9.17, 15) is 33.5 Å². The van der Waals surface area contributed by atoms with Gasteiger partial charge in [-0.25, -0.2) is 14.2 Å². The second-order valence-corrected chi connectivity index (χ2v) is 16.9. The Morgan fingerprint density at radius 1 is 0.702 bits per heavy atom. The molecule has 5 atom stereocenters. The van der Waals surface area contributed by atoms with Crippen molar-refractivity contribution in [2.75, 3.05) is 21.0 Å². The highest BCUT2D eigenvalue weighted by Gasteiger charge is 2.38. The highest BCUT2D eigenvalue weighted by Crippen LogP contribution is 2.36. The number of alkyl carbamates (subject to hydrolysis) is 2. The van der Waals surface area contributed by atoms with Crippen molar-refractivity contribution in [3.8, 4) is 11.3 Å². The fourth-order valence-electron chi connectivity index (χ4n) is 6.04. The number of benzene rings is 2. The Morgan fingerprint density at radius 2 is 1.23 bits per heavy atom. The van der Waals surface area contributed by atoms with Gasteiger partial charge in [0, 0.05) is 17.8 Å². The summed E-state index contributed by atoms with van der Waals surface area (Å²) in [4.78, 5) is 76.4. The van der Waals surface area contributed by atoms with Gasteiger partial charge in [-0.05, 0) is 53.4 Å². The second kappa shape index (κ2) is 21.1. The van der Waals surface area contributed by atoms with Crippen molar-refractivity contribution >= 4 is 31.8 Å². The van der Waals surface area contributed by atoms with Gasteiger partial charge in [0.05, 0.1) is 32.1 Å². The van der Waals surface area contributed by atoms with E-state index in [1.165, 1.54) is 14.2 Å². The molecule has 312 valence electrons. The lowest BCUT2D eigenvalue weighted by Gasteiger charge is -2.36. The Kier molecular flexibility index (Phi) is 17.2. The smallest absolute Gasteiger partial charge is 0.453 e. The lowest BCUT2D eigenvalue weighted by atomic mass is 9.85. The van der Waals surface area contributed by atoms with Crippen LogP contribution in [-0.4, -0.2) is 90.1 Å². The molecule has 1 aromatic heterocycles. The quantitative estimate of drug-likeness (QED) is 0.0747. The lowest BCUT2D eigenvalue weighted by Crippen LogP contribution is -2.59. The molecule has 0 fully saturated rings. The zero-order valence-electron chi connectivity index (χ0n) is 33.7. The normalized spacial score (nSPS) is 14.6. The highest BCUT2D eigenvalue weighted by molar-refractivity contribution is 7.46. The number of ether oxygens (including phenoxy) is 3. The van der Waals surface area contributed by atoms with Crippen molar-refractivity contribution < 1.29 is 52.3 Å². The zero-order valence-corrected chi connectivity index (χ0v) is 34.6. The molecule has 0 aliphatic rings. The predicted molar refractivity (Wildman–Crippen MR) is 212 cm³/mol. The van der Waals surface area contributed by atoms with Crippen LogP contribution in [0.4, 0.5) is 9.59 Å². The van der Waals surface area contributed by atoms with Crippen LogP contribution in [0.15, 0.2) is 79.0 Å². The van der Waals surface area contributed by atoms with Gasteiger partial charge in [0.15, 0.2) is 6.79 Å². The van der Waals surface area contributed by atoms with Crippen molar-refractivity contribution in [1.29, 1.82) is 0 Å². The minimum absolute atomic E-state index is 0.0260. The first-order chi connectivity index (χ1) is 26.7. The van der Waals surface area contributed by atoms with Gasteiger partial charge in [0.25, 0.3) is 0 Å². The number of phosphoric acid groups is 1. The summed E-state index contributed by atoms with van der Waals surface area (Å²) in [5, 5.41) is 11.3. The van der Waals surface area contributed by atoms with Crippen LogP contribution in [0, 0.1) is 10.8 Å². The maximum absolute atomic E-state index is 14.2. The van der Waals surface area contributed by atoms with E-state index in [4.69, 9.17) is 18.7 Å². The van der Waals surface area contributed by atoms with Crippen LogP contribution in [0.3, 0.4) is 0 Å². The van der Waals surface area contributed by atoms with E-state index in [2.05, 4.69) is 26.3 Å². The fourth-order valence-corrected chi connectivity index (χ4v) is 6.23. The summed E-state index contributed by atoms with van der Waals surface area (Å²) in [6, 6.07) is 18.5. The second-order valence-electron chi connectivity index (χ2n) is 15.7. The summed E-state index contributed by atoms with van der Waals surface area (Å²) in [5.74, 6) is -1.12. The van der Waals surface area contributed by atoms with Gasteiger partial charge < -0.3 is 45.3 Å². The van der Waals surface area contributed by atoms with Gasteiger partial charge in [0.1, 0.15) is 12.1 Å². The molecule has 0 saturated carbocycles. The third-order valence-electron chi connectivity index (χ3n) is 8.99. The van der Waals surface area contributed by atoms with Crippen molar-refractivity contribution in [2.45, 2.75) is 91.1 Å². The number of methoxy groups -OCH3 is 2. The van der Waals surface area contributed by atoms with Gasteiger partial charge in [-0.1, -0.05) is 102 Å². The SMILES string of the molecule is COC(=O)N[C@H](C(=O)N[C@@H](Cc1ccccc1)C[C@H](OCOP(=O)(O)O)[C@H](Cc1ccc(-c2ccccn2)cc1)NC(=O)[C@@H](NC(=O)OC)C(C)(C)C)C(C)(C)C. The van der Waals surface area contributed by atoms with Gasteiger partial charge >= 0.3 is 20.0 Å². The number of aromatic nitrogens is 1. The molecular formula is C40H56N5O11P. The van der Waals surface area contributed by atoms with E-state index in [1.807, 2.05) is 72.8 Å². The topological polar surface area (TPSA) is 224 Å². The first-order valence-electron chi connectivity index (χ1n) is 18.4. The standard InChI is InChI=1S/C40H56N5O11P/c1-39(2,3)33(44-37(48)53-7)35(46)42-29(22-26-14-10-9-11-15-26)24-32(55-25-56-57(50,51)52)31(43-36(47)34(40(4,5)6)45-38(49)54-8)23-27-17-19-28(20-18-27)30-16-12-13-21-41-30/h9-21,29,31-34H,22-25H2,1-8H3,(H,42,46)(H,43,47)(H,44,48)(H,45,49)(H2,50,51,52)/t29-,31-,32-,33+,34+/m0/s1. The molecule has 0 spiro atoms. The molecule has 0 bridgehead atoms. The Morgan fingerprint density at radius 3 is 1.72 bits per heavy atom. The molecule has 3 rings (SSSR count). The molecule has 0 aliphatic heterocycles. The van der Waals surface area contributed by atoms with Gasteiger partial charge in [0.2, 0.25) is 11.8 Å². The predicted octanol–water partition coefficient (Wildman–Crippen LogP) is 4.89. The number of nitrogens with one attached hydrogen (secondary N) is 4. The van der Waals surface area contributed by atoms with Crippen LogP contribution in [0.1, 0.15) is 59.1 Å². The highest BCUT2D eigenvalue weighted by atomic mass is 31.2. The van der Waals surface area contributed by atoms with E-state index < -0.39 is 79.7 Å². The monoisotopic (exact) mass is 813 g/mol. The minimum atomic E-state index is -5.00. The maximum atomic E-state index is 14.2. The first-order valence-corrected chi connectivity index (χ1v) is 19.9. The molecule has 2 aromatic carbocycles. The van der Waals surface area contributed by atoms with Gasteiger partial charge in [-0.15, -0.1) is 0 Å². The van der Waals surface area contributed by atoms with E-state index in [0.29, 0.717) is 0 Å².